The standard InChI is InChI=1S/C10H12ClFO2/c1-6-3-7(12)10(8(13)5-11)9(4-6)14-2/h3-4,8,13H,5H2,1-2H3. The van der Waals surface area contributed by atoms with E-state index in [1.807, 2.05) is 0 Å². The highest BCUT2D eigenvalue weighted by atomic mass is 35.5. The summed E-state index contributed by atoms with van der Waals surface area (Å²) in [4.78, 5) is 0. The van der Waals surface area contributed by atoms with Crippen LogP contribution in [0, 0.1) is 12.7 Å². The van der Waals surface area contributed by atoms with E-state index in [0.29, 0.717) is 5.75 Å². The van der Waals surface area contributed by atoms with Crippen LogP contribution in [-0.4, -0.2) is 18.1 Å². The topological polar surface area (TPSA) is 29.5 Å². The first-order valence-corrected chi connectivity index (χ1v) is 4.71. The van der Waals surface area contributed by atoms with E-state index in [-0.39, 0.29) is 11.4 Å². The summed E-state index contributed by atoms with van der Waals surface area (Å²) in [5.74, 6) is -0.221. The maximum atomic E-state index is 13.4. The summed E-state index contributed by atoms with van der Waals surface area (Å²) in [5.41, 5.74) is 0.859. The van der Waals surface area contributed by atoms with Crippen LogP contribution >= 0.6 is 11.6 Å². The van der Waals surface area contributed by atoms with E-state index in [9.17, 15) is 9.50 Å². The molecule has 1 rings (SSSR count). The Labute approximate surface area is 87.3 Å². The third-order valence-electron chi connectivity index (χ3n) is 1.94. The SMILES string of the molecule is COc1cc(C)cc(F)c1C(O)CCl. The molecule has 1 aromatic carbocycles. The Hall–Kier alpha value is -0.800. The Morgan fingerprint density at radius 1 is 1.57 bits per heavy atom. The number of ether oxygens (including phenoxy) is 1. The number of benzene rings is 1. The summed E-state index contributed by atoms with van der Waals surface area (Å²) < 4.78 is 18.4. The number of alkyl halides is 1. The molecule has 0 bridgehead atoms. The number of hydrogen-bond acceptors (Lipinski definition) is 2. The molecule has 1 N–H and O–H groups in total. The Kier molecular flexibility index (Phi) is 3.72. The number of halogens is 2. The lowest BCUT2D eigenvalue weighted by atomic mass is 10.1. The first kappa shape index (κ1) is 11.3. The van der Waals surface area contributed by atoms with Crippen LogP contribution < -0.4 is 4.74 Å². The molecule has 4 heteroatoms. The second-order valence-electron chi connectivity index (χ2n) is 3.03. The molecule has 0 saturated carbocycles. The zero-order chi connectivity index (χ0) is 10.7. The highest BCUT2D eigenvalue weighted by molar-refractivity contribution is 6.18. The molecule has 1 atom stereocenters. The van der Waals surface area contributed by atoms with Gasteiger partial charge in [-0.3, -0.25) is 0 Å². The summed E-state index contributed by atoms with van der Waals surface area (Å²) in [6.45, 7) is 1.75. The summed E-state index contributed by atoms with van der Waals surface area (Å²) in [7, 11) is 1.43. The molecule has 1 unspecified atom stereocenters. The largest absolute Gasteiger partial charge is 0.496 e. The van der Waals surface area contributed by atoms with Crippen molar-refractivity contribution < 1.29 is 14.2 Å². The molecule has 0 spiro atoms. The van der Waals surface area contributed by atoms with Crippen molar-refractivity contribution >= 4 is 11.6 Å². The molecule has 0 aliphatic rings. The van der Waals surface area contributed by atoms with Gasteiger partial charge < -0.3 is 9.84 Å². The van der Waals surface area contributed by atoms with Crippen molar-refractivity contribution in [1.29, 1.82) is 0 Å². The molecule has 2 nitrogen and oxygen atoms in total. The van der Waals surface area contributed by atoms with E-state index in [2.05, 4.69) is 0 Å². The number of hydrogen-bond donors (Lipinski definition) is 1. The highest BCUT2D eigenvalue weighted by Crippen LogP contribution is 2.29. The van der Waals surface area contributed by atoms with Crippen molar-refractivity contribution in [2.75, 3.05) is 13.0 Å². The highest BCUT2D eigenvalue weighted by Gasteiger charge is 2.17. The van der Waals surface area contributed by atoms with E-state index in [4.69, 9.17) is 16.3 Å². The lowest BCUT2D eigenvalue weighted by Crippen LogP contribution is -2.05. The first-order chi connectivity index (χ1) is 6.60. The van der Waals surface area contributed by atoms with Gasteiger partial charge in [-0.05, 0) is 24.6 Å². The molecule has 0 aliphatic carbocycles. The molecule has 0 amide bonds. The van der Waals surface area contributed by atoms with Gasteiger partial charge in [0, 0.05) is 0 Å². The fourth-order valence-corrected chi connectivity index (χ4v) is 1.45. The molecule has 0 radical (unpaired) electrons. The van der Waals surface area contributed by atoms with Gasteiger partial charge in [0.05, 0.1) is 24.7 Å². The van der Waals surface area contributed by atoms with Crippen LogP contribution in [0.15, 0.2) is 12.1 Å². The van der Waals surface area contributed by atoms with Crippen molar-refractivity contribution in [3.8, 4) is 5.75 Å². The fourth-order valence-electron chi connectivity index (χ4n) is 1.29. The Morgan fingerprint density at radius 2 is 2.21 bits per heavy atom. The Balaban J connectivity index is 3.24. The molecular formula is C10H12ClFO2. The number of rotatable bonds is 3. The van der Waals surface area contributed by atoms with Gasteiger partial charge in [-0.25, -0.2) is 4.39 Å². The number of aryl methyl sites for hydroxylation is 1. The molecule has 0 aromatic heterocycles. The molecular weight excluding hydrogens is 207 g/mol. The van der Waals surface area contributed by atoms with Crippen LogP contribution in [0.1, 0.15) is 17.2 Å². The van der Waals surface area contributed by atoms with E-state index in [1.165, 1.54) is 13.2 Å². The van der Waals surface area contributed by atoms with Crippen molar-refractivity contribution in [1.82, 2.24) is 0 Å². The maximum absolute atomic E-state index is 13.4. The van der Waals surface area contributed by atoms with E-state index >= 15 is 0 Å². The van der Waals surface area contributed by atoms with Crippen LogP contribution in [0.25, 0.3) is 0 Å². The maximum Gasteiger partial charge on any atom is 0.133 e. The minimum absolute atomic E-state index is 0.0592. The summed E-state index contributed by atoms with van der Waals surface area (Å²) >= 11 is 5.45. The Bertz CT molecular complexity index is 328. The molecule has 1 aromatic rings. The zero-order valence-electron chi connectivity index (χ0n) is 8.05. The van der Waals surface area contributed by atoms with Crippen LogP contribution in [0.5, 0.6) is 5.75 Å². The second-order valence-corrected chi connectivity index (χ2v) is 3.34. The number of aliphatic hydroxyl groups excluding tert-OH is 1. The van der Waals surface area contributed by atoms with Crippen LogP contribution in [0.4, 0.5) is 4.39 Å². The van der Waals surface area contributed by atoms with Crippen LogP contribution in [0.3, 0.4) is 0 Å². The van der Waals surface area contributed by atoms with Crippen molar-refractivity contribution in [2.45, 2.75) is 13.0 Å². The molecule has 0 heterocycles. The lowest BCUT2D eigenvalue weighted by molar-refractivity contribution is 0.192. The summed E-state index contributed by atoms with van der Waals surface area (Å²) in [6, 6.07) is 3.00. The minimum Gasteiger partial charge on any atom is -0.496 e. The van der Waals surface area contributed by atoms with Crippen LogP contribution in [0.2, 0.25) is 0 Å². The smallest absolute Gasteiger partial charge is 0.133 e. The van der Waals surface area contributed by atoms with Gasteiger partial charge in [0.15, 0.2) is 0 Å². The summed E-state index contributed by atoms with van der Waals surface area (Å²) in [6.07, 6.45) is -1.03. The van der Waals surface area contributed by atoms with Crippen LogP contribution in [-0.2, 0) is 0 Å². The quantitative estimate of drug-likeness (QED) is 0.790. The van der Waals surface area contributed by atoms with Crippen molar-refractivity contribution in [3.63, 3.8) is 0 Å². The fraction of sp³-hybridized carbons (Fsp3) is 0.400. The zero-order valence-corrected chi connectivity index (χ0v) is 8.81. The van der Waals surface area contributed by atoms with E-state index in [0.717, 1.165) is 5.56 Å². The summed E-state index contributed by atoms with van der Waals surface area (Å²) in [5, 5.41) is 9.46. The molecule has 14 heavy (non-hydrogen) atoms. The van der Waals surface area contributed by atoms with E-state index in [1.54, 1.807) is 13.0 Å². The third kappa shape index (κ3) is 2.16. The third-order valence-corrected chi connectivity index (χ3v) is 2.23. The second kappa shape index (κ2) is 4.62. The van der Waals surface area contributed by atoms with Gasteiger partial charge in [0.2, 0.25) is 0 Å². The molecule has 0 saturated heterocycles. The molecule has 78 valence electrons. The molecule has 0 fully saturated rings. The number of methoxy groups -OCH3 is 1. The van der Waals surface area contributed by atoms with Gasteiger partial charge in [0.1, 0.15) is 11.6 Å². The Morgan fingerprint density at radius 3 is 2.71 bits per heavy atom. The molecule has 0 aliphatic heterocycles. The van der Waals surface area contributed by atoms with Gasteiger partial charge in [-0.1, -0.05) is 0 Å². The predicted molar refractivity (Wildman–Crippen MR) is 53.4 cm³/mol. The predicted octanol–water partition coefficient (Wildman–Crippen LogP) is 2.41. The van der Waals surface area contributed by atoms with Crippen molar-refractivity contribution in [2.24, 2.45) is 0 Å². The van der Waals surface area contributed by atoms with Gasteiger partial charge in [-0.2, -0.15) is 0 Å². The average Bonchev–Trinajstić information content (AvgIpc) is 2.15. The first-order valence-electron chi connectivity index (χ1n) is 4.18. The monoisotopic (exact) mass is 218 g/mol. The average molecular weight is 219 g/mol. The lowest BCUT2D eigenvalue weighted by Gasteiger charge is -2.14. The van der Waals surface area contributed by atoms with E-state index < -0.39 is 11.9 Å². The minimum atomic E-state index is -1.03. The number of aliphatic hydroxyl groups is 1. The normalized spacial score (nSPS) is 12.6. The van der Waals surface area contributed by atoms with Crippen molar-refractivity contribution in [3.05, 3.63) is 29.1 Å². The van der Waals surface area contributed by atoms with Gasteiger partial charge in [-0.15, -0.1) is 11.6 Å². The van der Waals surface area contributed by atoms with Gasteiger partial charge >= 0.3 is 0 Å². The van der Waals surface area contributed by atoms with Gasteiger partial charge in [0.25, 0.3) is 0 Å².